The smallest absolute Gasteiger partial charge is 0.208 e. The number of Topliss-reactive ketones (excluding diaryl/α,β-unsaturated/α-hetero) is 1. The number of aliphatic hydroxyl groups is 4. The van der Waals surface area contributed by atoms with Gasteiger partial charge in [0, 0.05) is 81.2 Å². The molecule has 0 aliphatic heterocycles. The molecular formula is C92H202N19O14S5+5. The number of aromatic nitrogens is 4. The SMILES string of the molecule is CC(O)CNCC(=O)c1ccccc1.CC(O)CNCS(=O)(=O)c1ccccc1.CC(O)CNCc1cccnc1.CC(O)CNn1cnnc1.CCCC(CN)CCCCS(C)(=O)=O.CCCC(CN)CCCN.CCC[N+](C)(C)C.CCC[N+](C)(C)C.CCN.CCNO.CC[N+](C)(CC)CC[N+](CC)(CC)CC.CSCCNS(C)(=O)=O.C[N+](C)(C)CCS(C)(=O)=O. The van der Waals surface area contributed by atoms with E-state index in [0.29, 0.717) is 71.8 Å². The Morgan fingerprint density at radius 2 is 0.931 bits per heavy atom. The number of carbonyl (C=O) groups is 1. The Bertz CT molecular complexity index is 3490. The maximum atomic E-state index is 11.7. The van der Waals surface area contributed by atoms with Gasteiger partial charge in [-0.05, 0) is 182 Å². The molecule has 4 rings (SSSR count). The number of unbranched alkanes of at least 4 members (excludes halogenated alkanes) is 1. The number of nitrogens with one attached hydrogen (secondary N) is 6. The summed E-state index contributed by atoms with van der Waals surface area (Å²) >= 11 is 1.62. The quantitative estimate of drug-likeness (QED) is 0.00867. The molecule has 6 unspecified atom stereocenters. The first kappa shape index (κ1) is 143. The second-order valence-electron chi connectivity index (χ2n) is 35.6. The van der Waals surface area contributed by atoms with Crippen LogP contribution in [0.15, 0.2) is 103 Å². The van der Waals surface area contributed by atoms with Gasteiger partial charge in [0.1, 0.15) is 41.5 Å². The Labute approximate surface area is 800 Å². The second-order valence-corrected chi connectivity index (χ2v) is 45.0. The number of pyridine rings is 1. The van der Waals surface area contributed by atoms with Gasteiger partial charge in [-0.25, -0.2) is 48.5 Å². The number of sulfone groups is 3. The van der Waals surface area contributed by atoms with Crippen LogP contribution in [0.2, 0.25) is 0 Å². The van der Waals surface area contributed by atoms with E-state index in [4.69, 9.17) is 48.6 Å². The molecule has 0 radical (unpaired) electrons. The van der Waals surface area contributed by atoms with E-state index in [2.05, 4.69) is 153 Å². The molecule has 38 heteroatoms. The van der Waals surface area contributed by atoms with Crippen LogP contribution < -0.4 is 54.5 Å². The van der Waals surface area contributed by atoms with Crippen molar-refractivity contribution in [1.82, 2.24) is 46.0 Å². The van der Waals surface area contributed by atoms with Crippen molar-refractivity contribution in [2.45, 2.75) is 210 Å². The van der Waals surface area contributed by atoms with Crippen LogP contribution in [0.1, 0.15) is 190 Å². The van der Waals surface area contributed by atoms with Crippen LogP contribution in [0.4, 0.5) is 0 Å². The molecule has 6 atom stereocenters. The van der Waals surface area contributed by atoms with E-state index in [0.717, 1.165) is 97.8 Å². The number of ketones is 1. The van der Waals surface area contributed by atoms with Gasteiger partial charge in [-0.1, -0.05) is 115 Å². The third-order valence-electron chi connectivity index (χ3n) is 18.8. The summed E-state index contributed by atoms with van der Waals surface area (Å²) < 4.78 is 96.5. The number of carbonyl (C=O) groups excluding carboxylic acids is 1. The summed E-state index contributed by atoms with van der Waals surface area (Å²) in [5, 5.41) is 59.2. The second kappa shape index (κ2) is 89.8. The normalized spacial score (nSPS) is 12.7. The van der Waals surface area contributed by atoms with E-state index in [9.17, 15) is 38.5 Å². The molecule has 0 saturated heterocycles. The minimum atomic E-state index is -3.28. The summed E-state index contributed by atoms with van der Waals surface area (Å²) in [5.74, 6) is 2.61. The monoisotopic (exact) mass is 1960 g/mol. The number of benzene rings is 2. The number of hydrogen-bond donors (Lipinski definition) is 15. The van der Waals surface area contributed by atoms with Gasteiger partial charge in [-0.2, -0.15) is 11.8 Å². The topological polar surface area (TPSA) is 475 Å². The standard InChI is InChI=1S/C13H32N2.C11H15NO2.C10H15NO3S.C10H23NO2S.C9H14N2O.C8H20N2.C6H16NO2S.2C6H16N.C5H10N4O.C4H11NO2S2.C2H7NO.C2H7N/c1-7-14(6,8-2)12-13-15(9-3,10-4)11-5;1-9(13)7-12-8-11(14)10-5-3-2-4-6-10;1-9(12)7-11-8-15(13,14)10-5-3-2-4-6-10;1-3-6-10(9-11)7-4-5-8-14(2,12)13;1-8(12)5-11-7-9-3-2-4-10-6-9;1-2-4-8(7-10)5-3-6-9;1-7(2,3)5-6-10(4,8)9;2*1-5-6-7(2,3)4;1-5(10)2-8-9-3-6-7-4-9;1-8-4-3-5-9(2,6)7;1-2-3-4;1-2-3/h7-13H2,1-6H3;2-6,9,12-13H,7-8H2,1H3;2-6,9,11-12H,7-8H2,1H3;10H,3-9,11H2,1-2H3;2-4,6,8,11-12H,5,7H2,1H3;8H,2-7,9-10H2,1H3;5-6H2,1-4H3;2*5-6H2,1-4H3;3-5,8,10H,2H2,1H3;5H,3-4H2,1-2H3;3-4H,2H2,1H3;2-3H2,1H3/q+2;;;;;;3*+1;;;;. The van der Waals surface area contributed by atoms with Crippen LogP contribution in [-0.2, 0) is 46.1 Å². The first-order chi connectivity index (χ1) is 60.4. The molecular weight excluding hydrogens is 1760 g/mol. The molecule has 130 heavy (non-hydrogen) atoms. The summed E-state index contributed by atoms with van der Waals surface area (Å²) in [4.78, 5) is 15.8. The van der Waals surface area contributed by atoms with Gasteiger partial charge < -0.3 is 92.4 Å². The minimum Gasteiger partial charge on any atom is -0.392 e. The van der Waals surface area contributed by atoms with Crippen molar-refractivity contribution in [3.05, 3.63) is 109 Å². The molecule has 4 aromatic rings. The van der Waals surface area contributed by atoms with E-state index in [1.807, 2.05) is 83.3 Å². The number of thioether (sulfide) groups is 1. The van der Waals surface area contributed by atoms with Gasteiger partial charge in [0.2, 0.25) is 10.0 Å². The van der Waals surface area contributed by atoms with Gasteiger partial charge in [0.25, 0.3) is 0 Å². The number of nitrogens with zero attached hydrogens (tertiary/aromatic N) is 9. The molecule has 0 amide bonds. The maximum Gasteiger partial charge on any atom is 0.208 e. The number of sulfonamides is 1. The number of hydrogen-bond acceptors (Lipinski definition) is 27. The van der Waals surface area contributed by atoms with E-state index in [-0.39, 0.29) is 42.7 Å². The van der Waals surface area contributed by atoms with Crippen LogP contribution in [0, 0.1) is 11.8 Å². The lowest BCUT2D eigenvalue weighted by molar-refractivity contribution is -0.969. The van der Waals surface area contributed by atoms with Crippen LogP contribution in [0.25, 0.3) is 0 Å². The Hall–Kier alpha value is -4.41. The highest BCUT2D eigenvalue weighted by atomic mass is 32.2. The van der Waals surface area contributed by atoms with Crippen molar-refractivity contribution in [3.8, 4) is 0 Å². The van der Waals surface area contributed by atoms with Crippen LogP contribution in [0.5, 0.6) is 0 Å². The Morgan fingerprint density at radius 1 is 0.508 bits per heavy atom. The van der Waals surface area contributed by atoms with Crippen molar-refractivity contribution >= 4 is 57.1 Å². The highest BCUT2D eigenvalue weighted by Crippen LogP contribution is 2.15. The van der Waals surface area contributed by atoms with Crippen LogP contribution in [-0.4, -0.2) is 388 Å². The van der Waals surface area contributed by atoms with Gasteiger partial charge >= 0.3 is 0 Å². The number of rotatable bonds is 51. The number of likely N-dealkylation sites (N-methyl/N-ethyl adjacent to an activating group) is 2. The summed E-state index contributed by atoms with van der Waals surface area (Å²) in [7, 11) is 9.80. The van der Waals surface area contributed by atoms with Crippen LogP contribution in [0.3, 0.4) is 0 Å². The zero-order valence-corrected chi connectivity index (χ0v) is 91.2. The van der Waals surface area contributed by atoms with E-state index in [1.165, 1.54) is 125 Å². The number of quaternary nitrogens is 5. The lowest BCUT2D eigenvalue weighted by Crippen LogP contribution is -2.55. The van der Waals surface area contributed by atoms with Crippen molar-refractivity contribution in [2.75, 3.05) is 262 Å². The summed E-state index contributed by atoms with van der Waals surface area (Å²) in [6.07, 6.45) is 23.2. The molecule has 2 aromatic carbocycles. The third-order valence-corrected chi connectivity index (χ3v) is 23.7. The maximum absolute atomic E-state index is 11.7. The predicted molar refractivity (Wildman–Crippen MR) is 553 cm³/mol. The fourth-order valence-corrected chi connectivity index (χ4v) is 14.4. The molecule has 33 nitrogen and oxygen atoms in total. The molecule has 19 N–H and O–H groups in total. The predicted octanol–water partition coefficient (Wildman–Crippen LogP) is 7.80. The fraction of sp³-hybridized carbons (Fsp3) is 0.783. The molecule has 0 saturated carbocycles. The summed E-state index contributed by atoms with van der Waals surface area (Å²) in [5.41, 5.74) is 28.0. The first-order valence-electron chi connectivity index (χ1n) is 46.6. The zero-order chi connectivity index (χ0) is 102. The van der Waals surface area contributed by atoms with Crippen molar-refractivity contribution in [1.29, 1.82) is 0 Å². The first-order valence-corrected chi connectivity index (χ1v) is 55.7. The molecule has 2 aromatic heterocycles. The highest BCUT2D eigenvalue weighted by Gasteiger charge is 2.27. The molecule has 0 spiro atoms. The molecule has 0 bridgehead atoms. The van der Waals surface area contributed by atoms with Gasteiger partial charge in [-0.15, -0.1) is 10.2 Å². The van der Waals surface area contributed by atoms with Crippen molar-refractivity contribution in [3.63, 3.8) is 0 Å². The minimum absolute atomic E-state index is 0.0475. The Morgan fingerprint density at radius 3 is 1.26 bits per heavy atom. The average molecular weight is 1960 g/mol. The highest BCUT2D eigenvalue weighted by molar-refractivity contribution is 7.98. The van der Waals surface area contributed by atoms with Crippen LogP contribution >= 0.6 is 11.8 Å². The van der Waals surface area contributed by atoms with E-state index in [1.54, 1.807) is 92.8 Å². The largest absolute Gasteiger partial charge is 0.392 e. The molecule has 0 aliphatic carbocycles. The number of nitrogens with two attached hydrogens (primary N) is 4. The summed E-state index contributed by atoms with van der Waals surface area (Å²) in [6.45, 7) is 50.2. The molecule has 0 fully saturated rings. The van der Waals surface area contributed by atoms with E-state index < -0.39 is 51.7 Å². The Kier molecular flexibility index (Phi) is 99.0. The summed E-state index contributed by atoms with van der Waals surface area (Å²) in [6, 6.07) is 21.3. The fourth-order valence-electron chi connectivity index (χ4n) is 10.7. The average Bonchev–Trinajstić information content (AvgIpc) is 0.995. The Balaban J connectivity index is -0.000000177. The van der Waals surface area contributed by atoms with Crippen molar-refractivity contribution in [2.24, 2.45) is 34.8 Å². The third kappa shape index (κ3) is 116. The zero-order valence-electron chi connectivity index (χ0n) is 87.2. The van der Waals surface area contributed by atoms with Crippen molar-refractivity contribution < 1.29 is 86.5 Å². The molecule has 0 aliphatic rings. The van der Waals surface area contributed by atoms with E-state index >= 15 is 0 Å². The lowest BCUT2D eigenvalue weighted by Gasteiger charge is -2.40. The number of hydroxylamine groups is 1. The molecule has 774 valence electrons. The van der Waals surface area contributed by atoms with Gasteiger partial charge in [-0.3, -0.25) is 9.78 Å². The van der Waals surface area contributed by atoms with Gasteiger partial charge in [0.05, 0.1) is 177 Å². The lowest BCUT2D eigenvalue weighted by atomic mass is 9.97. The number of aliphatic hydroxyl groups excluding tert-OH is 4. The van der Waals surface area contributed by atoms with Gasteiger partial charge in [0.15, 0.2) is 25.5 Å². The molecule has 2 heterocycles.